The molecule has 0 amide bonds. The molecule has 1 heterocycles. The van der Waals surface area contributed by atoms with Crippen LogP contribution in [0.3, 0.4) is 0 Å². The summed E-state index contributed by atoms with van der Waals surface area (Å²) in [6.07, 6.45) is -1.68. The predicted molar refractivity (Wildman–Crippen MR) is 94.4 cm³/mol. The van der Waals surface area contributed by atoms with Gasteiger partial charge in [0.25, 0.3) is 0 Å². The number of hydrogen-bond acceptors (Lipinski definition) is 3. The summed E-state index contributed by atoms with van der Waals surface area (Å²) in [4.78, 5) is 16.5. The highest BCUT2D eigenvalue weighted by Crippen LogP contribution is 2.33. The number of ether oxygens (including phenoxy) is 1. The molecular weight excluding hydrogens is 374 g/mol. The second kappa shape index (κ2) is 8.21. The fourth-order valence-corrected chi connectivity index (χ4v) is 2.58. The van der Waals surface area contributed by atoms with Crippen LogP contribution < -0.4 is 4.74 Å². The molecule has 144 valence electrons. The van der Waals surface area contributed by atoms with Gasteiger partial charge in [-0.3, -0.25) is 9.78 Å². The Labute approximate surface area is 158 Å². The van der Waals surface area contributed by atoms with Crippen LogP contribution in [0.4, 0.5) is 17.6 Å². The van der Waals surface area contributed by atoms with E-state index in [9.17, 15) is 22.4 Å². The smallest absolute Gasteiger partial charge is 0.416 e. The van der Waals surface area contributed by atoms with E-state index in [1.165, 1.54) is 36.7 Å². The van der Waals surface area contributed by atoms with Gasteiger partial charge in [-0.05, 0) is 47.5 Å². The number of Topliss-reactive ketones (excluding diaryl/α,β-unsaturated/α-hetero) is 1. The third-order valence-corrected chi connectivity index (χ3v) is 4.00. The standard InChI is InChI=1S/C21H15F4NO2/c22-17-6-3-14(4-7-17)13-28-20-8-5-16(21(23,24)25)11-18(20)19(27)10-15-2-1-9-26-12-15/h1-9,11-12H,10,13H2. The van der Waals surface area contributed by atoms with Gasteiger partial charge in [0.15, 0.2) is 5.78 Å². The quantitative estimate of drug-likeness (QED) is 0.427. The Balaban J connectivity index is 1.87. The van der Waals surface area contributed by atoms with Crippen LogP contribution in [-0.2, 0) is 19.2 Å². The van der Waals surface area contributed by atoms with Crippen molar-refractivity contribution in [1.29, 1.82) is 0 Å². The van der Waals surface area contributed by atoms with Gasteiger partial charge < -0.3 is 4.74 Å². The van der Waals surface area contributed by atoms with Gasteiger partial charge in [0, 0.05) is 18.8 Å². The SMILES string of the molecule is O=C(Cc1cccnc1)c1cc(C(F)(F)F)ccc1OCc1ccc(F)cc1. The summed E-state index contributed by atoms with van der Waals surface area (Å²) >= 11 is 0. The third kappa shape index (κ3) is 4.94. The Morgan fingerprint density at radius 2 is 1.75 bits per heavy atom. The number of benzene rings is 2. The first-order chi connectivity index (χ1) is 13.3. The summed E-state index contributed by atoms with van der Waals surface area (Å²) in [6.45, 7) is -0.0151. The van der Waals surface area contributed by atoms with Crippen molar-refractivity contribution in [1.82, 2.24) is 4.98 Å². The maximum Gasteiger partial charge on any atom is 0.416 e. The van der Waals surface area contributed by atoms with Crippen molar-refractivity contribution >= 4 is 5.78 Å². The van der Waals surface area contributed by atoms with Gasteiger partial charge in [-0.2, -0.15) is 13.2 Å². The van der Waals surface area contributed by atoms with Crippen molar-refractivity contribution in [2.45, 2.75) is 19.2 Å². The molecule has 0 saturated heterocycles. The largest absolute Gasteiger partial charge is 0.488 e. The first kappa shape index (κ1) is 19.5. The van der Waals surface area contributed by atoms with E-state index in [2.05, 4.69) is 4.98 Å². The summed E-state index contributed by atoms with van der Waals surface area (Å²) in [5.74, 6) is -0.898. The number of alkyl halides is 3. The number of aromatic nitrogens is 1. The Bertz CT molecular complexity index is 954. The summed E-state index contributed by atoms with van der Waals surface area (Å²) in [6, 6.07) is 11.6. The molecule has 3 aromatic rings. The van der Waals surface area contributed by atoms with Crippen molar-refractivity contribution in [3.63, 3.8) is 0 Å². The van der Waals surface area contributed by atoms with E-state index in [-0.39, 0.29) is 24.3 Å². The van der Waals surface area contributed by atoms with Crippen molar-refractivity contribution in [2.75, 3.05) is 0 Å². The zero-order valence-electron chi connectivity index (χ0n) is 14.5. The molecule has 3 rings (SSSR count). The Kier molecular flexibility index (Phi) is 5.73. The van der Waals surface area contributed by atoms with E-state index < -0.39 is 23.3 Å². The molecule has 0 radical (unpaired) electrons. The normalized spacial score (nSPS) is 11.3. The number of carbonyl (C=O) groups is 1. The average molecular weight is 389 g/mol. The molecule has 0 saturated carbocycles. The average Bonchev–Trinajstić information content (AvgIpc) is 2.67. The molecule has 2 aromatic carbocycles. The Hall–Kier alpha value is -3.22. The lowest BCUT2D eigenvalue weighted by molar-refractivity contribution is -0.137. The Morgan fingerprint density at radius 1 is 1.00 bits per heavy atom. The zero-order chi connectivity index (χ0) is 20.1. The van der Waals surface area contributed by atoms with Gasteiger partial charge in [0.05, 0.1) is 11.1 Å². The molecule has 0 bridgehead atoms. The van der Waals surface area contributed by atoms with Crippen LogP contribution in [0.1, 0.15) is 27.0 Å². The molecular formula is C21H15F4NO2. The molecule has 28 heavy (non-hydrogen) atoms. The highest BCUT2D eigenvalue weighted by atomic mass is 19.4. The third-order valence-electron chi connectivity index (χ3n) is 4.00. The van der Waals surface area contributed by atoms with Crippen molar-refractivity contribution < 1.29 is 27.1 Å². The van der Waals surface area contributed by atoms with Crippen LogP contribution in [0.5, 0.6) is 5.75 Å². The van der Waals surface area contributed by atoms with Gasteiger partial charge in [-0.15, -0.1) is 0 Å². The summed E-state index contributed by atoms with van der Waals surface area (Å²) in [5, 5.41) is 0. The van der Waals surface area contributed by atoms with Crippen LogP contribution in [0.25, 0.3) is 0 Å². The molecule has 3 nitrogen and oxygen atoms in total. The molecule has 0 aliphatic heterocycles. The molecule has 0 atom stereocenters. The number of halogens is 4. The lowest BCUT2D eigenvalue weighted by Gasteiger charge is -2.14. The minimum atomic E-state index is -4.58. The Morgan fingerprint density at radius 3 is 2.39 bits per heavy atom. The van der Waals surface area contributed by atoms with E-state index in [0.717, 1.165) is 18.2 Å². The molecule has 0 aliphatic carbocycles. The second-order valence-corrected chi connectivity index (χ2v) is 6.09. The minimum Gasteiger partial charge on any atom is -0.488 e. The number of ketones is 1. The monoisotopic (exact) mass is 389 g/mol. The van der Waals surface area contributed by atoms with Crippen LogP contribution in [0.2, 0.25) is 0 Å². The molecule has 7 heteroatoms. The van der Waals surface area contributed by atoms with E-state index in [1.54, 1.807) is 12.1 Å². The number of carbonyl (C=O) groups excluding carboxylic acids is 1. The molecule has 0 aliphatic rings. The predicted octanol–water partition coefficient (Wildman–Crippen LogP) is 5.24. The van der Waals surface area contributed by atoms with Crippen molar-refractivity contribution in [3.8, 4) is 5.75 Å². The van der Waals surface area contributed by atoms with Gasteiger partial charge in [0.2, 0.25) is 0 Å². The summed E-state index contributed by atoms with van der Waals surface area (Å²) in [7, 11) is 0. The highest BCUT2D eigenvalue weighted by Gasteiger charge is 2.32. The van der Waals surface area contributed by atoms with E-state index in [0.29, 0.717) is 11.1 Å². The zero-order valence-corrected chi connectivity index (χ0v) is 14.5. The summed E-state index contributed by atoms with van der Waals surface area (Å²) in [5.41, 5.74) is 0.0957. The van der Waals surface area contributed by atoms with Gasteiger partial charge in [-0.1, -0.05) is 18.2 Å². The van der Waals surface area contributed by atoms with Crippen LogP contribution in [0.15, 0.2) is 67.0 Å². The highest BCUT2D eigenvalue weighted by molar-refractivity contribution is 6.00. The maximum absolute atomic E-state index is 13.1. The van der Waals surface area contributed by atoms with Crippen LogP contribution in [0, 0.1) is 5.82 Å². The maximum atomic E-state index is 13.1. The first-order valence-corrected chi connectivity index (χ1v) is 8.33. The van der Waals surface area contributed by atoms with Crippen LogP contribution >= 0.6 is 0 Å². The van der Waals surface area contributed by atoms with Crippen molar-refractivity contribution in [3.05, 3.63) is 95.1 Å². The van der Waals surface area contributed by atoms with Crippen molar-refractivity contribution in [2.24, 2.45) is 0 Å². The minimum absolute atomic E-state index is 0.0151. The molecule has 0 N–H and O–H groups in total. The molecule has 1 aromatic heterocycles. The topological polar surface area (TPSA) is 39.2 Å². The van der Waals surface area contributed by atoms with E-state index in [4.69, 9.17) is 4.74 Å². The van der Waals surface area contributed by atoms with Gasteiger partial charge in [0.1, 0.15) is 18.2 Å². The molecule has 0 fully saturated rings. The first-order valence-electron chi connectivity index (χ1n) is 8.33. The lowest BCUT2D eigenvalue weighted by atomic mass is 10.0. The second-order valence-electron chi connectivity index (χ2n) is 6.09. The molecule has 0 unspecified atom stereocenters. The molecule has 0 spiro atoms. The number of rotatable bonds is 6. The van der Waals surface area contributed by atoms with E-state index >= 15 is 0 Å². The number of nitrogens with zero attached hydrogens (tertiary/aromatic N) is 1. The van der Waals surface area contributed by atoms with Crippen LogP contribution in [-0.4, -0.2) is 10.8 Å². The fraction of sp³-hybridized carbons (Fsp3) is 0.143. The van der Waals surface area contributed by atoms with Gasteiger partial charge in [-0.25, -0.2) is 4.39 Å². The fourth-order valence-electron chi connectivity index (χ4n) is 2.58. The van der Waals surface area contributed by atoms with E-state index in [1.807, 2.05) is 0 Å². The number of hydrogen-bond donors (Lipinski definition) is 0. The van der Waals surface area contributed by atoms with Gasteiger partial charge >= 0.3 is 6.18 Å². The lowest BCUT2D eigenvalue weighted by Crippen LogP contribution is -2.11. The number of pyridine rings is 1. The summed E-state index contributed by atoms with van der Waals surface area (Å²) < 4.78 is 57.8.